The molecule has 0 spiro atoms. The number of amides is 1. The highest BCUT2D eigenvalue weighted by Crippen LogP contribution is 2.19. The van der Waals surface area contributed by atoms with Gasteiger partial charge in [-0.1, -0.05) is 0 Å². The number of hydrogen-bond acceptors (Lipinski definition) is 3. The monoisotopic (exact) mass is 352 g/mol. The van der Waals surface area contributed by atoms with Gasteiger partial charge in [0.1, 0.15) is 5.82 Å². The summed E-state index contributed by atoms with van der Waals surface area (Å²) in [5.74, 6) is -0.338. The van der Waals surface area contributed by atoms with Gasteiger partial charge in [-0.3, -0.25) is 14.2 Å². The molecule has 2 aromatic heterocycles. The summed E-state index contributed by atoms with van der Waals surface area (Å²) in [4.78, 5) is 33.5. The molecule has 3 heterocycles. The number of hydrogen-bond donors (Lipinski definition) is 1. The topological polar surface area (TPSA) is 71.0 Å². The summed E-state index contributed by atoms with van der Waals surface area (Å²) in [6.45, 7) is 1.03. The van der Waals surface area contributed by atoms with E-state index in [0.29, 0.717) is 25.2 Å². The van der Waals surface area contributed by atoms with Crippen LogP contribution in [0, 0.1) is 5.82 Å². The lowest BCUT2D eigenvalue weighted by molar-refractivity contribution is -0.131. The number of halogens is 1. The molecule has 26 heavy (non-hydrogen) atoms. The fourth-order valence-electron chi connectivity index (χ4n) is 3.20. The summed E-state index contributed by atoms with van der Waals surface area (Å²) in [6, 6.07) is 7.37. The summed E-state index contributed by atoms with van der Waals surface area (Å²) < 4.78 is 14.6. The van der Waals surface area contributed by atoms with Crippen LogP contribution in [0.4, 0.5) is 4.39 Å². The number of nitrogens with one attached hydrogen (secondary N) is 1. The molecule has 1 aromatic carbocycles. The summed E-state index contributed by atoms with van der Waals surface area (Å²) in [7, 11) is 0. The molecule has 1 aliphatic heterocycles. The number of fused-ring (bicyclic) bond motifs is 1. The van der Waals surface area contributed by atoms with Gasteiger partial charge in [-0.15, -0.1) is 0 Å². The van der Waals surface area contributed by atoms with Gasteiger partial charge in [-0.2, -0.15) is 0 Å². The maximum Gasteiger partial charge on any atom is 0.255 e. The Morgan fingerprint density at radius 1 is 1.23 bits per heavy atom. The molecule has 0 aliphatic carbocycles. The lowest BCUT2D eigenvalue weighted by atomic mass is 10.0. The predicted molar refractivity (Wildman–Crippen MR) is 93.4 cm³/mol. The first-order valence-electron chi connectivity index (χ1n) is 8.35. The number of aromatic nitrogens is 3. The number of nitrogens with zero attached hydrogens (tertiary/aromatic N) is 3. The van der Waals surface area contributed by atoms with Crippen LogP contribution in [0.15, 0.2) is 53.8 Å². The average molecular weight is 352 g/mol. The van der Waals surface area contributed by atoms with Crippen LogP contribution >= 0.6 is 0 Å². The number of carbonyl (C=O) groups is 1. The standard InChI is InChI=1S/C19H17FN4O2/c20-15-1-3-17(4-2-15)24-11-14-10-23(6-5-13(14)7-19(24)26)18(25)8-16-9-21-12-22-16/h1-4,7,9,11-12H,5-6,8,10H2,(H,21,22). The third kappa shape index (κ3) is 3.15. The zero-order valence-electron chi connectivity index (χ0n) is 14.0. The molecular weight excluding hydrogens is 335 g/mol. The smallest absolute Gasteiger partial charge is 0.255 e. The van der Waals surface area contributed by atoms with Gasteiger partial charge in [-0.05, 0) is 41.8 Å². The van der Waals surface area contributed by atoms with Crippen molar-refractivity contribution in [2.24, 2.45) is 0 Å². The Morgan fingerprint density at radius 3 is 2.77 bits per heavy atom. The van der Waals surface area contributed by atoms with Crippen LogP contribution in [0.5, 0.6) is 0 Å². The third-order valence-corrected chi connectivity index (χ3v) is 4.60. The third-order valence-electron chi connectivity index (χ3n) is 4.60. The Balaban J connectivity index is 1.60. The van der Waals surface area contributed by atoms with E-state index in [1.165, 1.54) is 16.7 Å². The second-order valence-electron chi connectivity index (χ2n) is 6.33. The number of H-pyrrole nitrogens is 1. The van der Waals surface area contributed by atoms with E-state index in [4.69, 9.17) is 0 Å². The summed E-state index contributed by atoms with van der Waals surface area (Å²) in [5, 5.41) is 0. The number of aromatic amines is 1. The van der Waals surface area contributed by atoms with Gasteiger partial charge in [0.15, 0.2) is 0 Å². The van der Waals surface area contributed by atoms with Crippen molar-refractivity contribution in [3.05, 3.63) is 82.0 Å². The van der Waals surface area contributed by atoms with Crippen molar-refractivity contribution >= 4 is 5.91 Å². The molecule has 1 aliphatic rings. The van der Waals surface area contributed by atoms with E-state index in [1.807, 2.05) is 0 Å². The Morgan fingerprint density at radius 2 is 2.04 bits per heavy atom. The molecule has 0 unspecified atom stereocenters. The lowest BCUT2D eigenvalue weighted by Gasteiger charge is -2.29. The molecule has 0 radical (unpaired) electrons. The van der Waals surface area contributed by atoms with Crippen molar-refractivity contribution in [2.75, 3.05) is 6.54 Å². The largest absolute Gasteiger partial charge is 0.348 e. The lowest BCUT2D eigenvalue weighted by Crippen LogP contribution is -2.38. The normalized spacial score (nSPS) is 13.5. The van der Waals surface area contributed by atoms with Crippen LogP contribution < -0.4 is 5.56 Å². The van der Waals surface area contributed by atoms with Gasteiger partial charge >= 0.3 is 0 Å². The molecule has 0 saturated heterocycles. The van der Waals surface area contributed by atoms with Crippen LogP contribution in [0.25, 0.3) is 5.69 Å². The molecule has 0 fully saturated rings. The zero-order valence-corrected chi connectivity index (χ0v) is 14.0. The minimum absolute atomic E-state index is 0.0134. The van der Waals surface area contributed by atoms with Gasteiger partial charge in [0, 0.05) is 42.9 Å². The van der Waals surface area contributed by atoms with E-state index in [1.54, 1.807) is 41.8 Å². The summed E-state index contributed by atoms with van der Waals surface area (Å²) in [5.41, 5.74) is 3.10. The number of rotatable bonds is 3. The van der Waals surface area contributed by atoms with E-state index in [9.17, 15) is 14.0 Å². The Kier molecular flexibility index (Phi) is 4.12. The number of pyridine rings is 1. The molecule has 3 aromatic rings. The second kappa shape index (κ2) is 6.59. The number of carbonyl (C=O) groups excluding carboxylic acids is 1. The quantitative estimate of drug-likeness (QED) is 0.782. The van der Waals surface area contributed by atoms with Crippen LogP contribution in [0.3, 0.4) is 0 Å². The molecule has 132 valence electrons. The van der Waals surface area contributed by atoms with Gasteiger partial charge in [0.05, 0.1) is 12.7 Å². The van der Waals surface area contributed by atoms with E-state index < -0.39 is 0 Å². The van der Waals surface area contributed by atoms with Crippen molar-refractivity contribution in [1.29, 1.82) is 0 Å². The first kappa shape index (κ1) is 16.3. The van der Waals surface area contributed by atoms with Gasteiger partial charge in [0.25, 0.3) is 5.56 Å². The van der Waals surface area contributed by atoms with Crippen molar-refractivity contribution in [3.8, 4) is 5.69 Å². The van der Waals surface area contributed by atoms with E-state index in [2.05, 4.69) is 9.97 Å². The zero-order chi connectivity index (χ0) is 18.1. The van der Waals surface area contributed by atoms with E-state index >= 15 is 0 Å². The minimum atomic E-state index is -0.352. The van der Waals surface area contributed by atoms with Crippen molar-refractivity contribution in [3.63, 3.8) is 0 Å². The van der Waals surface area contributed by atoms with E-state index in [0.717, 1.165) is 16.8 Å². The van der Waals surface area contributed by atoms with Crippen LogP contribution in [-0.2, 0) is 24.2 Å². The summed E-state index contributed by atoms with van der Waals surface area (Å²) in [6.07, 6.45) is 5.86. The maximum absolute atomic E-state index is 13.1. The van der Waals surface area contributed by atoms with Crippen molar-refractivity contribution < 1.29 is 9.18 Å². The Bertz CT molecular complexity index is 993. The fourth-order valence-corrected chi connectivity index (χ4v) is 3.20. The average Bonchev–Trinajstić information content (AvgIpc) is 3.14. The van der Waals surface area contributed by atoms with Crippen molar-refractivity contribution in [1.82, 2.24) is 19.4 Å². The Labute approximate surface area is 148 Å². The van der Waals surface area contributed by atoms with Gasteiger partial charge in [-0.25, -0.2) is 9.37 Å². The van der Waals surface area contributed by atoms with Crippen molar-refractivity contribution in [2.45, 2.75) is 19.4 Å². The highest BCUT2D eigenvalue weighted by atomic mass is 19.1. The Hall–Kier alpha value is -3.22. The van der Waals surface area contributed by atoms with Crippen LogP contribution in [0.2, 0.25) is 0 Å². The molecule has 1 amide bonds. The number of imidazole rings is 1. The van der Waals surface area contributed by atoms with Gasteiger partial charge < -0.3 is 9.88 Å². The number of benzene rings is 1. The predicted octanol–water partition coefficient (Wildman–Crippen LogP) is 1.83. The molecular formula is C19H17FN4O2. The highest BCUT2D eigenvalue weighted by Gasteiger charge is 2.22. The fraction of sp³-hybridized carbons (Fsp3) is 0.211. The molecule has 0 saturated carbocycles. The molecule has 7 heteroatoms. The maximum atomic E-state index is 13.1. The molecule has 0 atom stereocenters. The van der Waals surface area contributed by atoms with Crippen LogP contribution in [-0.4, -0.2) is 31.9 Å². The summed E-state index contributed by atoms with van der Waals surface area (Å²) >= 11 is 0. The van der Waals surface area contributed by atoms with Gasteiger partial charge in [0.2, 0.25) is 5.91 Å². The molecule has 0 bridgehead atoms. The molecule has 4 rings (SSSR count). The minimum Gasteiger partial charge on any atom is -0.348 e. The highest BCUT2D eigenvalue weighted by molar-refractivity contribution is 5.78. The first-order chi connectivity index (χ1) is 12.6. The molecule has 6 nitrogen and oxygen atoms in total. The first-order valence-corrected chi connectivity index (χ1v) is 8.35. The van der Waals surface area contributed by atoms with Crippen LogP contribution in [0.1, 0.15) is 16.8 Å². The second-order valence-corrected chi connectivity index (χ2v) is 6.33. The molecule has 1 N–H and O–H groups in total. The SMILES string of the molecule is O=C(Cc1cnc[nH]1)N1CCc2cc(=O)n(-c3ccc(F)cc3)cc2C1. The van der Waals surface area contributed by atoms with E-state index in [-0.39, 0.29) is 23.7 Å².